The summed E-state index contributed by atoms with van der Waals surface area (Å²) in [5, 5.41) is 0. The second-order valence-corrected chi connectivity index (χ2v) is 4.28. The largest absolute Gasteiger partial charge is 0.497 e. The average Bonchev–Trinajstić information content (AvgIpc) is 2.67. The SMILES string of the molecule is C=C1N=C(c2ccc(OC)cc2)OC1(C)CC. The van der Waals surface area contributed by atoms with Crippen molar-refractivity contribution in [3.63, 3.8) is 0 Å². The lowest BCUT2D eigenvalue weighted by Crippen LogP contribution is -2.26. The Morgan fingerprint density at radius 1 is 1.35 bits per heavy atom. The van der Waals surface area contributed by atoms with Gasteiger partial charge >= 0.3 is 0 Å². The predicted molar refractivity (Wildman–Crippen MR) is 68.5 cm³/mol. The molecule has 1 unspecified atom stereocenters. The molecule has 0 spiro atoms. The van der Waals surface area contributed by atoms with Gasteiger partial charge in [0.2, 0.25) is 5.90 Å². The van der Waals surface area contributed by atoms with Gasteiger partial charge in [0.25, 0.3) is 0 Å². The van der Waals surface area contributed by atoms with E-state index in [1.165, 1.54) is 0 Å². The molecule has 1 aliphatic heterocycles. The highest BCUT2D eigenvalue weighted by molar-refractivity contribution is 5.96. The number of nitrogens with zero attached hydrogens (tertiary/aromatic N) is 1. The summed E-state index contributed by atoms with van der Waals surface area (Å²) in [6.07, 6.45) is 0.856. The summed E-state index contributed by atoms with van der Waals surface area (Å²) in [5.41, 5.74) is 1.37. The topological polar surface area (TPSA) is 30.8 Å². The Labute approximate surface area is 102 Å². The predicted octanol–water partition coefficient (Wildman–Crippen LogP) is 3.15. The molecule has 3 heteroatoms. The number of benzene rings is 1. The highest BCUT2D eigenvalue weighted by Crippen LogP contribution is 2.32. The van der Waals surface area contributed by atoms with Crippen molar-refractivity contribution in [1.82, 2.24) is 0 Å². The van der Waals surface area contributed by atoms with E-state index in [1.807, 2.05) is 31.2 Å². The van der Waals surface area contributed by atoms with Crippen molar-refractivity contribution in [3.8, 4) is 5.75 Å². The number of ether oxygens (including phenoxy) is 2. The van der Waals surface area contributed by atoms with Crippen LogP contribution in [0.25, 0.3) is 0 Å². The van der Waals surface area contributed by atoms with Crippen LogP contribution < -0.4 is 4.74 Å². The van der Waals surface area contributed by atoms with Crippen LogP contribution in [0, 0.1) is 0 Å². The summed E-state index contributed by atoms with van der Waals surface area (Å²) in [6, 6.07) is 7.66. The number of hydrogen-bond acceptors (Lipinski definition) is 3. The molecule has 90 valence electrons. The molecule has 1 heterocycles. The van der Waals surface area contributed by atoms with Crippen molar-refractivity contribution in [3.05, 3.63) is 42.1 Å². The van der Waals surface area contributed by atoms with Gasteiger partial charge in [0, 0.05) is 5.56 Å². The quantitative estimate of drug-likeness (QED) is 0.800. The third-order valence-electron chi connectivity index (χ3n) is 3.18. The van der Waals surface area contributed by atoms with Gasteiger partial charge in [0.15, 0.2) is 0 Å². The van der Waals surface area contributed by atoms with E-state index in [1.54, 1.807) is 7.11 Å². The van der Waals surface area contributed by atoms with Crippen LogP contribution in [0.3, 0.4) is 0 Å². The highest BCUT2D eigenvalue weighted by Gasteiger charge is 2.35. The Morgan fingerprint density at radius 3 is 2.47 bits per heavy atom. The lowest BCUT2D eigenvalue weighted by Gasteiger charge is -2.22. The third-order valence-corrected chi connectivity index (χ3v) is 3.18. The first-order valence-corrected chi connectivity index (χ1v) is 5.70. The Bertz CT molecular complexity index is 462. The Kier molecular flexibility index (Phi) is 2.92. The average molecular weight is 231 g/mol. The number of methoxy groups -OCH3 is 1. The molecule has 1 atom stereocenters. The number of rotatable bonds is 3. The summed E-state index contributed by atoms with van der Waals surface area (Å²) >= 11 is 0. The molecule has 1 aromatic rings. The van der Waals surface area contributed by atoms with E-state index in [-0.39, 0.29) is 5.60 Å². The Morgan fingerprint density at radius 2 is 2.00 bits per heavy atom. The first-order valence-electron chi connectivity index (χ1n) is 5.70. The van der Waals surface area contributed by atoms with Crippen LogP contribution in [0.15, 0.2) is 41.5 Å². The lowest BCUT2D eigenvalue weighted by atomic mass is 10.0. The van der Waals surface area contributed by atoms with E-state index < -0.39 is 0 Å². The number of hydrogen-bond donors (Lipinski definition) is 0. The van der Waals surface area contributed by atoms with Crippen LogP contribution in [-0.2, 0) is 4.74 Å². The minimum Gasteiger partial charge on any atom is -0.497 e. The fraction of sp³-hybridized carbons (Fsp3) is 0.357. The fourth-order valence-corrected chi connectivity index (χ4v) is 1.67. The van der Waals surface area contributed by atoms with Gasteiger partial charge in [-0.3, -0.25) is 0 Å². The van der Waals surface area contributed by atoms with Crippen LogP contribution in [0.2, 0.25) is 0 Å². The molecule has 2 rings (SSSR count). The normalized spacial score (nSPS) is 23.2. The first kappa shape index (κ1) is 11.7. The van der Waals surface area contributed by atoms with Crippen LogP contribution in [0.5, 0.6) is 5.75 Å². The molecule has 0 radical (unpaired) electrons. The van der Waals surface area contributed by atoms with E-state index in [0.717, 1.165) is 23.4 Å². The Balaban J connectivity index is 2.25. The molecule has 0 N–H and O–H groups in total. The van der Waals surface area contributed by atoms with Crippen molar-refractivity contribution in [2.24, 2.45) is 4.99 Å². The smallest absolute Gasteiger partial charge is 0.222 e. The van der Waals surface area contributed by atoms with Gasteiger partial charge in [-0.1, -0.05) is 13.5 Å². The highest BCUT2D eigenvalue weighted by atomic mass is 16.5. The summed E-state index contributed by atoms with van der Waals surface area (Å²) in [5.74, 6) is 1.46. The van der Waals surface area contributed by atoms with Gasteiger partial charge < -0.3 is 9.47 Å². The summed E-state index contributed by atoms with van der Waals surface area (Å²) in [4.78, 5) is 4.40. The second kappa shape index (κ2) is 4.24. The number of aliphatic imine (C=N–C) groups is 1. The van der Waals surface area contributed by atoms with E-state index in [9.17, 15) is 0 Å². The molecule has 0 saturated carbocycles. The zero-order valence-corrected chi connectivity index (χ0v) is 10.5. The summed E-state index contributed by atoms with van der Waals surface area (Å²) < 4.78 is 11.0. The molecule has 0 fully saturated rings. The van der Waals surface area contributed by atoms with Crippen molar-refractivity contribution >= 4 is 5.90 Å². The molecule has 0 aromatic heterocycles. The van der Waals surface area contributed by atoms with E-state index in [4.69, 9.17) is 9.47 Å². The standard InChI is InChI=1S/C14H17NO2/c1-5-14(3)10(2)15-13(17-14)11-6-8-12(16-4)9-7-11/h6-9H,2,5H2,1,3-4H3. The molecule has 17 heavy (non-hydrogen) atoms. The molecule has 1 aromatic carbocycles. The minimum atomic E-state index is -0.366. The molecule has 0 aliphatic carbocycles. The third kappa shape index (κ3) is 2.05. The van der Waals surface area contributed by atoms with Gasteiger partial charge in [-0.15, -0.1) is 0 Å². The molecule has 3 nitrogen and oxygen atoms in total. The van der Waals surface area contributed by atoms with Crippen LogP contribution in [-0.4, -0.2) is 18.6 Å². The zero-order valence-electron chi connectivity index (χ0n) is 10.5. The van der Waals surface area contributed by atoms with Crippen molar-refractivity contribution in [2.75, 3.05) is 7.11 Å². The Hall–Kier alpha value is -1.77. The van der Waals surface area contributed by atoms with Gasteiger partial charge in [-0.2, -0.15) is 0 Å². The van der Waals surface area contributed by atoms with Crippen LogP contribution in [0.4, 0.5) is 0 Å². The van der Waals surface area contributed by atoms with Crippen LogP contribution in [0.1, 0.15) is 25.8 Å². The van der Waals surface area contributed by atoms with Crippen molar-refractivity contribution in [2.45, 2.75) is 25.9 Å². The minimum absolute atomic E-state index is 0.366. The van der Waals surface area contributed by atoms with E-state index in [0.29, 0.717) is 5.90 Å². The van der Waals surface area contributed by atoms with Gasteiger partial charge in [0.1, 0.15) is 11.4 Å². The lowest BCUT2D eigenvalue weighted by molar-refractivity contribution is 0.129. The maximum atomic E-state index is 5.88. The molecule has 0 amide bonds. The molecule has 0 saturated heterocycles. The molecular formula is C14H17NO2. The second-order valence-electron chi connectivity index (χ2n) is 4.28. The zero-order chi connectivity index (χ0) is 12.5. The fourth-order valence-electron chi connectivity index (χ4n) is 1.67. The van der Waals surface area contributed by atoms with E-state index >= 15 is 0 Å². The van der Waals surface area contributed by atoms with Crippen molar-refractivity contribution < 1.29 is 9.47 Å². The van der Waals surface area contributed by atoms with Crippen LogP contribution >= 0.6 is 0 Å². The maximum absolute atomic E-state index is 5.88. The molecule has 0 bridgehead atoms. The summed E-state index contributed by atoms with van der Waals surface area (Å²) in [7, 11) is 1.65. The van der Waals surface area contributed by atoms with Gasteiger partial charge in [0.05, 0.1) is 12.8 Å². The molecular weight excluding hydrogens is 214 g/mol. The summed E-state index contributed by atoms with van der Waals surface area (Å²) in [6.45, 7) is 8.03. The maximum Gasteiger partial charge on any atom is 0.222 e. The molecule has 1 aliphatic rings. The van der Waals surface area contributed by atoms with E-state index in [2.05, 4.69) is 18.5 Å². The monoisotopic (exact) mass is 231 g/mol. The van der Waals surface area contributed by atoms with Gasteiger partial charge in [-0.05, 0) is 37.6 Å². The first-order chi connectivity index (χ1) is 8.09. The van der Waals surface area contributed by atoms with Gasteiger partial charge in [-0.25, -0.2) is 4.99 Å². The van der Waals surface area contributed by atoms with Crippen molar-refractivity contribution in [1.29, 1.82) is 0 Å².